The van der Waals surface area contributed by atoms with Crippen molar-refractivity contribution in [3.05, 3.63) is 194 Å². The molecule has 14 rings (SSSR count). The Hall–Kier alpha value is -8.28. The van der Waals surface area contributed by atoms with Crippen LogP contribution in [-0.2, 0) is 0 Å². The number of aromatic nitrogens is 4. The van der Waals surface area contributed by atoms with Crippen molar-refractivity contribution in [3.8, 4) is 45.5 Å². The number of fused-ring (bicyclic) bond motifs is 13. The van der Waals surface area contributed by atoms with Crippen LogP contribution in [0.2, 0.25) is 0 Å². The van der Waals surface area contributed by atoms with Gasteiger partial charge >= 0.3 is 0 Å². The quantitative estimate of drug-likeness (QED) is 0.168. The highest BCUT2D eigenvalue weighted by Crippen LogP contribution is 2.46. The van der Waals surface area contributed by atoms with Crippen LogP contribution in [0.5, 0.6) is 11.5 Å². The summed E-state index contributed by atoms with van der Waals surface area (Å²) in [5.74, 6) is 2.22. The number of benzene rings is 10. The summed E-state index contributed by atoms with van der Waals surface area (Å²) in [4.78, 5) is 10.5. The van der Waals surface area contributed by atoms with Gasteiger partial charge in [0.05, 0.1) is 38.7 Å². The first kappa shape index (κ1) is 32.7. The predicted molar refractivity (Wildman–Crippen MR) is 252 cm³/mol. The Morgan fingerprint density at radius 1 is 0.361 bits per heavy atom. The van der Waals surface area contributed by atoms with E-state index in [0.717, 1.165) is 66.7 Å². The van der Waals surface area contributed by atoms with Crippen LogP contribution in [0.1, 0.15) is 0 Å². The van der Waals surface area contributed by atoms with Crippen LogP contribution in [0.15, 0.2) is 194 Å². The van der Waals surface area contributed by atoms with Gasteiger partial charge < -0.3 is 9.30 Å². The summed E-state index contributed by atoms with van der Waals surface area (Å²) in [6.45, 7) is 0. The van der Waals surface area contributed by atoms with Gasteiger partial charge in [0.1, 0.15) is 11.5 Å². The average Bonchev–Trinajstić information content (AvgIpc) is 3.84. The molecule has 0 radical (unpaired) electrons. The molecule has 1 aliphatic rings. The van der Waals surface area contributed by atoms with Gasteiger partial charge in [0.25, 0.3) is 0 Å². The second kappa shape index (κ2) is 12.1. The van der Waals surface area contributed by atoms with E-state index < -0.39 is 0 Å². The lowest BCUT2D eigenvalue weighted by atomic mass is 9.99. The fraction of sp³-hybridized carbons (Fsp3) is 0. The molecular formula is C56H32N4O. The van der Waals surface area contributed by atoms with Gasteiger partial charge in [-0.3, -0.25) is 4.57 Å². The van der Waals surface area contributed by atoms with Gasteiger partial charge in [-0.1, -0.05) is 121 Å². The monoisotopic (exact) mass is 776 g/mol. The molecule has 1 aliphatic heterocycles. The van der Waals surface area contributed by atoms with Crippen molar-refractivity contribution in [3.63, 3.8) is 0 Å². The molecule has 0 spiro atoms. The van der Waals surface area contributed by atoms with E-state index in [-0.39, 0.29) is 0 Å². The lowest BCUT2D eigenvalue weighted by molar-refractivity contribution is 0.486. The molecule has 0 bridgehead atoms. The van der Waals surface area contributed by atoms with Crippen LogP contribution in [0.3, 0.4) is 0 Å². The van der Waals surface area contributed by atoms with Crippen LogP contribution in [-0.4, -0.2) is 19.1 Å². The SMILES string of the molecule is c1ccc2c(c1)Oc1cccc3nc(-n4c5ccccc5c5cc(-c6ccc7c(c6)c6c8ccccc8ccc6n7-c6ccc7ccc8ccccc8c7c6)ccc54)nc-2c13. The Bertz CT molecular complexity index is 4040. The lowest BCUT2D eigenvalue weighted by Gasteiger charge is -2.20. The summed E-state index contributed by atoms with van der Waals surface area (Å²) in [6.07, 6.45) is 0. The van der Waals surface area contributed by atoms with Crippen molar-refractivity contribution in [2.24, 2.45) is 0 Å². The van der Waals surface area contributed by atoms with E-state index in [1.165, 1.54) is 59.7 Å². The molecule has 61 heavy (non-hydrogen) atoms. The van der Waals surface area contributed by atoms with E-state index in [4.69, 9.17) is 14.7 Å². The van der Waals surface area contributed by atoms with Crippen LogP contribution in [0.4, 0.5) is 0 Å². The first-order valence-corrected chi connectivity index (χ1v) is 20.7. The summed E-state index contributed by atoms with van der Waals surface area (Å²) >= 11 is 0. The van der Waals surface area contributed by atoms with Gasteiger partial charge in [-0.05, 0) is 116 Å². The molecule has 0 atom stereocenters. The van der Waals surface area contributed by atoms with Crippen LogP contribution < -0.4 is 4.74 Å². The normalized spacial score (nSPS) is 12.4. The Labute approximate surface area is 348 Å². The minimum absolute atomic E-state index is 0.637. The third-order valence-electron chi connectivity index (χ3n) is 12.9. The van der Waals surface area contributed by atoms with E-state index in [0.29, 0.717) is 5.95 Å². The molecule has 0 N–H and O–H groups in total. The van der Waals surface area contributed by atoms with Crippen molar-refractivity contribution in [2.75, 3.05) is 0 Å². The third kappa shape index (κ3) is 4.60. The summed E-state index contributed by atoms with van der Waals surface area (Å²) in [7, 11) is 0. The van der Waals surface area contributed by atoms with Gasteiger partial charge in [-0.25, -0.2) is 9.97 Å². The van der Waals surface area contributed by atoms with Crippen LogP contribution >= 0.6 is 0 Å². The second-order valence-electron chi connectivity index (χ2n) is 16.1. The number of rotatable bonds is 3. The van der Waals surface area contributed by atoms with Gasteiger partial charge in [0.15, 0.2) is 0 Å². The van der Waals surface area contributed by atoms with E-state index in [2.05, 4.69) is 173 Å². The molecule has 13 aromatic rings. The molecule has 0 unspecified atom stereocenters. The van der Waals surface area contributed by atoms with Crippen molar-refractivity contribution < 1.29 is 4.74 Å². The van der Waals surface area contributed by atoms with Crippen molar-refractivity contribution >= 4 is 86.8 Å². The second-order valence-corrected chi connectivity index (χ2v) is 16.1. The third-order valence-corrected chi connectivity index (χ3v) is 12.9. The zero-order chi connectivity index (χ0) is 39.8. The Morgan fingerprint density at radius 3 is 1.85 bits per heavy atom. The largest absolute Gasteiger partial charge is 0.456 e. The minimum Gasteiger partial charge on any atom is -0.456 e. The number of hydrogen-bond acceptors (Lipinski definition) is 3. The molecule has 10 aromatic carbocycles. The molecule has 282 valence electrons. The number of hydrogen-bond donors (Lipinski definition) is 0. The first-order chi connectivity index (χ1) is 30.2. The fourth-order valence-electron chi connectivity index (χ4n) is 10.1. The molecular weight excluding hydrogens is 745 g/mol. The zero-order valence-corrected chi connectivity index (χ0v) is 32.7. The molecule has 4 heterocycles. The first-order valence-electron chi connectivity index (χ1n) is 20.7. The minimum atomic E-state index is 0.637. The highest BCUT2D eigenvalue weighted by molar-refractivity contribution is 6.22. The molecule has 0 saturated heterocycles. The number of para-hydroxylation sites is 2. The topological polar surface area (TPSA) is 44.9 Å². The zero-order valence-electron chi connectivity index (χ0n) is 32.7. The Balaban J connectivity index is 0.982. The molecule has 0 aliphatic carbocycles. The van der Waals surface area contributed by atoms with E-state index in [1.807, 2.05) is 30.3 Å². The summed E-state index contributed by atoms with van der Waals surface area (Å²) < 4.78 is 11.0. The number of ether oxygens (including phenoxy) is 1. The average molecular weight is 777 g/mol. The summed E-state index contributed by atoms with van der Waals surface area (Å²) in [5.41, 5.74) is 10.7. The molecule has 5 heteroatoms. The van der Waals surface area contributed by atoms with Crippen LogP contribution in [0, 0.1) is 0 Å². The van der Waals surface area contributed by atoms with Gasteiger partial charge in [-0.15, -0.1) is 0 Å². The van der Waals surface area contributed by atoms with Gasteiger partial charge in [0, 0.05) is 32.8 Å². The van der Waals surface area contributed by atoms with Crippen molar-refractivity contribution in [2.45, 2.75) is 0 Å². The molecule has 0 fully saturated rings. The highest BCUT2D eigenvalue weighted by Gasteiger charge is 2.25. The Kier molecular flexibility index (Phi) is 6.49. The van der Waals surface area contributed by atoms with E-state index in [1.54, 1.807) is 0 Å². The van der Waals surface area contributed by atoms with Crippen molar-refractivity contribution in [1.29, 1.82) is 0 Å². The van der Waals surface area contributed by atoms with Gasteiger partial charge in [-0.2, -0.15) is 0 Å². The standard InChI is InChI=1S/C56H32N4O/c1-3-12-39-33(10-1)20-21-35-22-26-38(32-43(35)39)59-49-28-25-37(31-45(49)53-40-13-4-2-11-34(40)23-29-50(53)59)36-24-27-48-44(30-36)41-14-5-7-17-47(41)60(48)56-57-46-16-9-19-52-54(46)55(58-56)42-15-6-8-18-51(42)61-52/h1-32H. The van der Waals surface area contributed by atoms with Crippen molar-refractivity contribution in [1.82, 2.24) is 19.1 Å². The smallest absolute Gasteiger partial charge is 0.235 e. The molecule has 3 aromatic heterocycles. The summed E-state index contributed by atoms with van der Waals surface area (Å²) in [6, 6.07) is 69.9. The molecule has 5 nitrogen and oxygen atoms in total. The van der Waals surface area contributed by atoms with E-state index >= 15 is 0 Å². The fourth-order valence-corrected chi connectivity index (χ4v) is 10.1. The van der Waals surface area contributed by atoms with E-state index in [9.17, 15) is 0 Å². The maximum absolute atomic E-state index is 6.31. The lowest BCUT2D eigenvalue weighted by Crippen LogP contribution is -2.06. The van der Waals surface area contributed by atoms with Crippen LogP contribution in [0.25, 0.3) is 121 Å². The number of nitrogens with zero attached hydrogens (tertiary/aromatic N) is 4. The summed E-state index contributed by atoms with van der Waals surface area (Å²) in [5, 5.41) is 13.2. The predicted octanol–water partition coefficient (Wildman–Crippen LogP) is 14.7. The molecule has 0 amide bonds. The highest BCUT2D eigenvalue weighted by atomic mass is 16.5. The van der Waals surface area contributed by atoms with Gasteiger partial charge in [0.2, 0.25) is 5.95 Å². The maximum Gasteiger partial charge on any atom is 0.235 e. The maximum atomic E-state index is 6.31. The Morgan fingerprint density at radius 2 is 0.984 bits per heavy atom. The molecule has 0 saturated carbocycles.